The van der Waals surface area contributed by atoms with Crippen molar-refractivity contribution in [1.29, 1.82) is 0 Å². The molecule has 0 spiro atoms. The van der Waals surface area contributed by atoms with Crippen molar-refractivity contribution in [3.05, 3.63) is 0 Å². The average Bonchev–Trinajstić information content (AvgIpc) is 2.33. The van der Waals surface area contributed by atoms with Crippen LogP contribution in [0.3, 0.4) is 0 Å². The molecule has 114 valence electrons. The maximum absolute atomic E-state index is 12.0. The molecular formula is C11H24N2O4S2. The van der Waals surface area contributed by atoms with Crippen molar-refractivity contribution in [2.45, 2.75) is 43.8 Å². The van der Waals surface area contributed by atoms with E-state index in [2.05, 4.69) is 4.72 Å². The maximum atomic E-state index is 12.0. The average molecular weight is 312 g/mol. The molecule has 0 aromatic rings. The van der Waals surface area contributed by atoms with Gasteiger partial charge in [0.15, 0.2) is 0 Å². The maximum Gasteiger partial charge on any atom is 0.214 e. The minimum Gasteiger partial charge on any atom is -0.330 e. The van der Waals surface area contributed by atoms with E-state index < -0.39 is 25.1 Å². The third-order valence-electron chi connectivity index (χ3n) is 3.37. The van der Waals surface area contributed by atoms with Gasteiger partial charge in [-0.1, -0.05) is 12.8 Å². The van der Waals surface area contributed by atoms with Gasteiger partial charge in [0.05, 0.1) is 16.8 Å². The molecule has 6 nitrogen and oxygen atoms in total. The van der Waals surface area contributed by atoms with Crippen LogP contribution in [0, 0.1) is 0 Å². The number of sulfone groups is 1. The van der Waals surface area contributed by atoms with E-state index in [1.54, 1.807) is 0 Å². The Morgan fingerprint density at radius 2 is 1.63 bits per heavy atom. The van der Waals surface area contributed by atoms with E-state index in [9.17, 15) is 16.8 Å². The summed E-state index contributed by atoms with van der Waals surface area (Å²) in [7, 11) is -6.38. The first-order chi connectivity index (χ1) is 8.87. The van der Waals surface area contributed by atoms with Gasteiger partial charge in [0.2, 0.25) is 10.0 Å². The van der Waals surface area contributed by atoms with Crippen molar-refractivity contribution >= 4 is 19.9 Å². The molecule has 0 aliphatic carbocycles. The summed E-state index contributed by atoms with van der Waals surface area (Å²) in [5.41, 5.74) is 5.37. The first-order valence-corrected chi connectivity index (χ1v) is 10.1. The molecule has 8 heteroatoms. The van der Waals surface area contributed by atoms with Crippen LogP contribution in [-0.4, -0.2) is 46.7 Å². The predicted octanol–water partition coefficient (Wildman–Crippen LogP) is 0.00210. The van der Waals surface area contributed by atoms with Gasteiger partial charge in [0, 0.05) is 6.54 Å². The molecule has 1 aliphatic rings. The molecule has 1 heterocycles. The Balaban J connectivity index is 2.28. The zero-order chi connectivity index (χ0) is 14.4. The van der Waals surface area contributed by atoms with Gasteiger partial charge in [-0.3, -0.25) is 0 Å². The van der Waals surface area contributed by atoms with Crippen LogP contribution in [0.15, 0.2) is 0 Å². The third kappa shape index (κ3) is 6.20. The number of rotatable bonds is 8. The SMILES string of the molecule is NCCCCCCNS(=O)(=O)C1CCS(=O)(=O)CC1. The molecule has 0 aromatic heterocycles. The fourth-order valence-electron chi connectivity index (χ4n) is 2.13. The van der Waals surface area contributed by atoms with Crippen LogP contribution in [0.4, 0.5) is 0 Å². The Kier molecular flexibility index (Phi) is 6.72. The van der Waals surface area contributed by atoms with Crippen LogP contribution in [-0.2, 0) is 19.9 Å². The molecule has 1 saturated heterocycles. The first-order valence-electron chi connectivity index (χ1n) is 6.76. The Hall–Kier alpha value is -0.180. The molecule has 1 fully saturated rings. The van der Waals surface area contributed by atoms with Crippen LogP contribution in [0.1, 0.15) is 38.5 Å². The highest BCUT2D eigenvalue weighted by Crippen LogP contribution is 2.18. The van der Waals surface area contributed by atoms with E-state index in [-0.39, 0.29) is 24.3 Å². The van der Waals surface area contributed by atoms with Crippen molar-refractivity contribution in [3.8, 4) is 0 Å². The second-order valence-electron chi connectivity index (χ2n) is 4.99. The molecule has 0 bridgehead atoms. The van der Waals surface area contributed by atoms with E-state index in [0.29, 0.717) is 13.1 Å². The van der Waals surface area contributed by atoms with Gasteiger partial charge in [-0.15, -0.1) is 0 Å². The Morgan fingerprint density at radius 3 is 2.21 bits per heavy atom. The van der Waals surface area contributed by atoms with Gasteiger partial charge in [-0.25, -0.2) is 21.6 Å². The summed E-state index contributed by atoms with van der Waals surface area (Å²) < 4.78 is 49.0. The largest absolute Gasteiger partial charge is 0.330 e. The van der Waals surface area contributed by atoms with E-state index in [0.717, 1.165) is 25.7 Å². The molecular weight excluding hydrogens is 288 g/mol. The topological polar surface area (TPSA) is 106 Å². The molecule has 0 radical (unpaired) electrons. The molecule has 0 amide bonds. The molecule has 1 aliphatic heterocycles. The lowest BCUT2D eigenvalue weighted by atomic mass is 10.2. The molecule has 0 unspecified atom stereocenters. The number of unbranched alkanes of at least 4 members (excludes halogenated alkanes) is 3. The molecule has 0 aromatic carbocycles. The molecule has 3 N–H and O–H groups in total. The number of hydrogen-bond acceptors (Lipinski definition) is 5. The summed E-state index contributed by atoms with van der Waals surface area (Å²) in [6.07, 6.45) is 4.16. The van der Waals surface area contributed by atoms with Gasteiger partial charge in [0.25, 0.3) is 0 Å². The summed E-state index contributed by atoms with van der Waals surface area (Å²) >= 11 is 0. The van der Waals surface area contributed by atoms with Crippen LogP contribution in [0.25, 0.3) is 0 Å². The van der Waals surface area contributed by atoms with Gasteiger partial charge >= 0.3 is 0 Å². The minimum absolute atomic E-state index is 0.0188. The fourth-order valence-corrected chi connectivity index (χ4v) is 5.44. The Morgan fingerprint density at radius 1 is 1.05 bits per heavy atom. The second kappa shape index (κ2) is 7.56. The zero-order valence-electron chi connectivity index (χ0n) is 11.2. The van der Waals surface area contributed by atoms with E-state index >= 15 is 0 Å². The summed E-state index contributed by atoms with van der Waals surface area (Å²) in [6.45, 7) is 1.10. The number of hydrogen-bond donors (Lipinski definition) is 2. The molecule has 19 heavy (non-hydrogen) atoms. The van der Waals surface area contributed by atoms with Crippen molar-refractivity contribution < 1.29 is 16.8 Å². The van der Waals surface area contributed by atoms with E-state index in [4.69, 9.17) is 5.73 Å². The fraction of sp³-hybridized carbons (Fsp3) is 1.00. The van der Waals surface area contributed by atoms with Crippen LogP contribution < -0.4 is 10.5 Å². The molecule has 1 rings (SSSR count). The predicted molar refractivity (Wildman–Crippen MR) is 76.1 cm³/mol. The summed E-state index contributed by atoms with van der Waals surface area (Å²) in [5.74, 6) is -0.0375. The van der Waals surface area contributed by atoms with Gasteiger partial charge < -0.3 is 5.73 Å². The zero-order valence-corrected chi connectivity index (χ0v) is 12.8. The summed E-state index contributed by atoms with van der Waals surface area (Å²) in [5, 5.41) is -0.555. The van der Waals surface area contributed by atoms with Crippen LogP contribution in [0.5, 0.6) is 0 Å². The van der Waals surface area contributed by atoms with E-state index in [1.807, 2.05) is 0 Å². The van der Waals surface area contributed by atoms with Crippen molar-refractivity contribution in [3.63, 3.8) is 0 Å². The number of nitrogens with one attached hydrogen (secondary N) is 1. The van der Waals surface area contributed by atoms with Crippen LogP contribution >= 0.6 is 0 Å². The standard InChI is InChI=1S/C11H24N2O4S2/c12-7-3-1-2-4-8-13-19(16,17)11-5-9-18(14,15)10-6-11/h11,13H,1-10,12H2. The molecule has 0 atom stereocenters. The van der Waals surface area contributed by atoms with Crippen LogP contribution in [0.2, 0.25) is 0 Å². The second-order valence-corrected chi connectivity index (χ2v) is 9.34. The highest BCUT2D eigenvalue weighted by atomic mass is 32.2. The quantitative estimate of drug-likeness (QED) is 0.614. The van der Waals surface area contributed by atoms with Gasteiger partial charge in [0.1, 0.15) is 9.84 Å². The van der Waals surface area contributed by atoms with E-state index in [1.165, 1.54) is 0 Å². The Bertz CT molecular complexity index is 445. The van der Waals surface area contributed by atoms with Gasteiger partial charge in [-0.2, -0.15) is 0 Å². The van der Waals surface area contributed by atoms with Gasteiger partial charge in [-0.05, 0) is 32.2 Å². The molecule has 0 saturated carbocycles. The minimum atomic E-state index is -3.37. The number of sulfonamides is 1. The lowest BCUT2D eigenvalue weighted by Crippen LogP contribution is -2.40. The monoisotopic (exact) mass is 312 g/mol. The first kappa shape index (κ1) is 16.9. The smallest absolute Gasteiger partial charge is 0.214 e. The highest BCUT2D eigenvalue weighted by Gasteiger charge is 2.32. The summed E-state index contributed by atoms with van der Waals surface area (Å²) in [6, 6.07) is 0. The van der Waals surface area contributed by atoms with Crippen molar-refractivity contribution in [2.75, 3.05) is 24.6 Å². The lowest BCUT2D eigenvalue weighted by Gasteiger charge is -2.22. The Labute approximate surface area is 116 Å². The summed E-state index contributed by atoms with van der Waals surface area (Å²) in [4.78, 5) is 0. The van der Waals surface area contributed by atoms with Crippen molar-refractivity contribution in [1.82, 2.24) is 4.72 Å². The number of nitrogens with two attached hydrogens (primary N) is 1. The van der Waals surface area contributed by atoms with Crippen molar-refractivity contribution in [2.24, 2.45) is 5.73 Å². The highest BCUT2D eigenvalue weighted by molar-refractivity contribution is 7.92. The lowest BCUT2D eigenvalue weighted by molar-refractivity contribution is 0.538. The normalized spacial score (nSPS) is 20.5. The third-order valence-corrected chi connectivity index (χ3v) is 7.05.